The standard InChI is InChI=1S/C50H32N4/c1-3-12-33(13-4-1)34-22-26-37(27-23-34)49-52-48(36-14-5-2-6-15-36)53-50(54-49)38-28-24-35(25-29-38)39-18-11-19-42(30-39)47-45-32-41-17-8-7-16-40(41)31-44(45)43-20-9-10-21-46(43)51-47/h1-32H. The lowest BCUT2D eigenvalue weighted by molar-refractivity contribution is 1.07. The lowest BCUT2D eigenvalue weighted by Crippen LogP contribution is -2.00. The molecule has 4 heteroatoms. The summed E-state index contributed by atoms with van der Waals surface area (Å²) >= 11 is 0. The summed E-state index contributed by atoms with van der Waals surface area (Å²) in [6.45, 7) is 0. The van der Waals surface area contributed by atoms with Gasteiger partial charge in [-0.25, -0.2) is 19.9 Å². The number of nitrogens with zero attached hydrogens (tertiary/aromatic N) is 4. The Morgan fingerprint density at radius 3 is 1.30 bits per heavy atom. The molecule has 0 N–H and O–H groups in total. The molecule has 0 radical (unpaired) electrons. The Morgan fingerprint density at radius 2 is 0.667 bits per heavy atom. The van der Waals surface area contributed by atoms with Crippen LogP contribution in [-0.4, -0.2) is 19.9 Å². The fourth-order valence-corrected chi connectivity index (χ4v) is 7.31. The van der Waals surface area contributed by atoms with Gasteiger partial charge in [-0.15, -0.1) is 0 Å². The minimum Gasteiger partial charge on any atom is -0.247 e. The summed E-state index contributed by atoms with van der Waals surface area (Å²) in [7, 11) is 0. The van der Waals surface area contributed by atoms with Crippen LogP contribution in [0.2, 0.25) is 0 Å². The second-order valence-electron chi connectivity index (χ2n) is 13.5. The van der Waals surface area contributed by atoms with Gasteiger partial charge in [0.1, 0.15) is 0 Å². The molecule has 0 aliphatic carbocycles. The molecule has 10 aromatic rings. The molecule has 0 spiro atoms. The first-order chi connectivity index (χ1) is 26.7. The molecule has 0 atom stereocenters. The largest absolute Gasteiger partial charge is 0.247 e. The van der Waals surface area contributed by atoms with E-state index in [-0.39, 0.29) is 0 Å². The van der Waals surface area contributed by atoms with Crippen molar-refractivity contribution in [1.29, 1.82) is 0 Å². The summed E-state index contributed by atoms with van der Waals surface area (Å²) < 4.78 is 0. The molecule has 252 valence electrons. The molecule has 0 aliphatic heterocycles. The van der Waals surface area contributed by atoms with Crippen molar-refractivity contribution in [2.75, 3.05) is 0 Å². The SMILES string of the molecule is c1ccc(-c2ccc(-c3nc(-c4ccccc4)nc(-c4ccc(-c5cccc(-c6nc7ccccc7c7cc8ccccc8cc67)c5)cc4)n3)cc2)cc1. The van der Waals surface area contributed by atoms with Gasteiger partial charge in [-0.2, -0.15) is 0 Å². The maximum absolute atomic E-state index is 5.23. The van der Waals surface area contributed by atoms with Crippen molar-refractivity contribution in [3.63, 3.8) is 0 Å². The van der Waals surface area contributed by atoms with Crippen LogP contribution in [0.25, 0.3) is 100 Å². The summed E-state index contributed by atoms with van der Waals surface area (Å²) in [6.07, 6.45) is 0. The first-order valence-corrected chi connectivity index (χ1v) is 18.1. The van der Waals surface area contributed by atoms with Gasteiger partial charge >= 0.3 is 0 Å². The number of fused-ring (bicyclic) bond motifs is 4. The molecule has 54 heavy (non-hydrogen) atoms. The maximum Gasteiger partial charge on any atom is 0.164 e. The molecular formula is C50H32N4. The van der Waals surface area contributed by atoms with Crippen molar-refractivity contribution in [1.82, 2.24) is 19.9 Å². The number of pyridine rings is 1. The van der Waals surface area contributed by atoms with Crippen LogP contribution in [0.3, 0.4) is 0 Å². The summed E-state index contributed by atoms with van der Waals surface area (Å²) in [4.78, 5) is 20.1. The van der Waals surface area contributed by atoms with Crippen LogP contribution in [-0.2, 0) is 0 Å². The highest BCUT2D eigenvalue weighted by molar-refractivity contribution is 6.15. The lowest BCUT2D eigenvalue weighted by atomic mass is 9.95. The van der Waals surface area contributed by atoms with Gasteiger partial charge < -0.3 is 0 Å². The Labute approximate surface area is 313 Å². The highest BCUT2D eigenvalue weighted by Crippen LogP contribution is 2.37. The highest BCUT2D eigenvalue weighted by Gasteiger charge is 2.15. The van der Waals surface area contributed by atoms with Gasteiger partial charge in [-0.05, 0) is 62.7 Å². The zero-order valence-electron chi connectivity index (χ0n) is 29.3. The molecule has 0 aliphatic rings. The van der Waals surface area contributed by atoms with Crippen molar-refractivity contribution >= 4 is 32.4 Å². The van der Waals surface area contributed by atoms with Crippen LogP contribution in [0.4, 0.5) is 0 Å². The molecule has 0 bridgehead atoms. The Bertz CT molecular complexity index is 2960. The van der Waals surface area contributed by atoms with Crippen molar-refractivity contribution in [2.45, 2.75) is 0 Å². The average molecular weight is 689 g/mol. The predicted octanol–water partition coefficient (Wildman–Crippen LogP) is 12.7. The number of aromatic nitrogens is 4. The van der Waals surface area contributed by atoms with Crippen LogP contribution < -0.4 is 0 Å². The van der Waals surface area contributed by atoms with E-state index in [0.29, 0.717) is 17.5 Å². The van der Waals surface area contributed by atoms with Crippen molar-refractivity contribution in [3.8, 4) is 67.7 Å². The molecule has 0 unspecified atom stereocenters. The second-order valence-corrected chi connectivity index (χ2v) is 13.5. The van der Waals surface area contributed by atoms with E-state index < -0.39 is 0 Å². The third-order valence-electron chi connectivity index (χ3n) is 10.1. The quantitative estimate of drug-likeness (QED) is 0.129. The zero-order chi connectivity index (χ0) is 35.8. The van der Waals surface area contributed by atoms with E-state index in [9.17, 15) is 0 Å². The number of hydrogen-bond donors (Lipinski definition) is 0. The third kappa shape index (κ3) is 5.86. The summed E-state index contributed by atoms with van der Waals surface area (Å²) in [6, 6.07) is 67.6. The Balaban J connectivity index is 1.03. The Morgan fingerprint density at radius 1 is 0.241 bits per heavy atom. The van der Waals surface area contributed by atoms with Crippen molar-refractivity contribution in [3.05, 3.63) is 194 Å². The number of benzene rings is 8. The molecule has 4 nitrogen and oxygen atoms in total. The summed E-state index contributed by atoms with van der Waals surface area (Å²) in [5, 5.41) is 5.95. The average Bonchev–Trinajstić information content (AvgIpc) is 3.26. The second kappa shape index (κ2) is 13.4. The van der Waals surface area contributed by atoms with Gasteiger partial charge in [0.2, 0.25) is 0 Å². The van der Waals surface area contributed by atoms with Gasteiger partial charge in [-0.3, -0.25) is 0 Å². The maximum atomic E-state index is 5.23. The monoisotopic (exact) mass is 688 g/mol. The van der Waals surface area contributed by atoms with Crippen LogP contribution >= 0.6 is 0 Å². The van der Waals surface area contributed by atoms with E-state index in [1.807, 2.05) is 36.4 Å². The van der Waals surface area contributed by atoms with E-state index in [1.165, 1.54) is 21.7 Å². The number of rotatable bonds is 6. The molecule has 0 saturated heterocycles. The smallest absolute Gasteiger partial charge is 0.164 e. The zero-order valence-corrected chi connectivity index (χ0v) is 29.3. The van der Waals surface area contributed by atoms with E-state index in [2.05, 4.69) is 158 Å². The minimum atomic E-state index is 0.630. The Kier molecular flexibility index (Phi) is 7.77. The fraction of sp³-hybridized carbons (Fsp3) is 0. The van der Waals surface area contributed by atoms with Gasteiger partial charge in [0, 0.05) is 33.0 Å². The third-order valence-corrected chi connectivity index (χ3v) is 10.1. The highest BCUT2D eigenvalue weighted by atomic mass is 15.0. The van der Waals surface area contributed by atoms with Gasteiger partial charge in [-0.1, -0.05) is 170 Å². The van der Waals surface area contributed by atoms with Crippen molar-refractivity contribution < 1.29 is 0 Å². The van der Waals surface area contributed by atoms with Gasteiger partial charge in [0.05, 0.1) is 11.2 Å². The first kappa shape index (κ1) is 31.4. The molecule has 2 heterocycles. The lowest BCUT2D eigenvalue weighted by Gasteiger charge is -2.13. The van der Waals surface area contributed by atoms with E-state index in [1.54, 1.807) is 0 Å². The molecule has 0 saturated carbocycles. The minimum absolute atomic E-state index is 0.630. The van der Waals surface area contributed by atoms with Crippen LogP contribution in [0, 0.1) is 0 Å². The number of hydrogen-bond acceptors (Lipinski definition) is 4. The summed E-state index contributed by atoms with van der Waals surface area (Å²) in [5.74, 6) is 1.91. The molecule has 0 fully saturated rings. The molecule has 10 rings (SSSR count). The van der Waals surface area contributed by atoms with Crippen LogP contribution in [0.5, 0.6) is 0 Å². The van der Waals surface area contributed by atoms with E-state index >= 15 is 0 Å². The van der Waals surface area contributed by atoms with Crippen LogP contribution in [0.1, 0.15) is 0 Å². The first-order valence-electron chi connectivity index (χ1n) is 18.1. The van der Waals surface area contributed by atoms with Gasteiger partial charge in [0.15, 0.2) is 17.5 Å². The topological polar surface area (TPSA) is 51.6 Å². The molecule has 8 aromatic carbocycles. The summed E-state index contributed by atoms with van der Waals surface area (Å²) in [5.41, 5.74) is 10.4. The Hall–Kier alpha value is -7.30. The predicted molar refractivity (Wildman–Crippen MR) is 223 cm³/mol. The normalized spacial score (nSPS) is 11.3. The molecular weight excluding hydrogens is 657 g/mol. The fourth-order valence-electron chi connectivity index (χ4n) is 7.31. The number of para-hydroxylation sites is 1. The van der Waals surface area contributed by atoms with E-state index in [0.717, 1.165) is 60.9 Å². The van der Waals surface area contributed by atoms with E-state index in [4.69, 9.17) is 19.9 Å². The molecule has 0 amide bonds. The van der Waals surface area contributed by atoms with Crippen LogP contribution in [0.15, 0.2) is 194 Å². The molecule has 2 aromatic heterocycles. The van der Waals surface area contributed by atoms with Crippen molar-refractivity contribution in [2.24, 2.45) is 0 Å². The van der Waals surface area contributed by atoms with Gasteiger partial charge in [0.25, 0.3) is 0 Å².